The number of aryl methyl sites for hydroxylation is 1. The fraction of sp³-hybridized carbons (Fsp3) is 0.462. The first-order chi connectivity index (χ1) is 7.37. The molecule has 0 unspecified atom stereocenters. The Hall–Kier alpha value is -1.02. The molecule has 0 amide bonds. The van der Waals surface area contributed by atoms with Gasteiger partial charge in [0, 0.05) is 11.9 Å². The van der Waals surface area contributed by atoms with Crippen LogP contribution in [0.3, 0.4) is 0 Å². The molecule has 0 aliphatic carbocycles. The molecule has 0 atom stereocenters. The predicted octanol–water partition coefficient (Wildman–Crippen LogP) is 3.88. The third-order valence-electron chi connectivity index (χ3n) is 2.58. The standard InChI is InChI=1S/C13H17ClN2/c1-9-11(7-13(2,3)4)16-8-10(14)5-6-12(16)15-9/h5-6,8H,7H2,1-4H3. The number of hydrogen-bond donors (Lipinski definition) is 0. The van der Waals surface area contributed by atoms with Crippen molar-refractivity contribution in [3.63, 3.8) is 0 Å². The Morgan fingerprint density at radius 2 is 2.00 bits per heavy atom. The van der Waals surface area contributed by atoms with Crippen LogP contribution in [0.1, 0.15) is 32.2 Å². The molecule has 0 fully saturated rings. The molecule has 16 heavy (non-hydrogen) atoms. The first-order valence-corrected chi connectivity index (χ1v) is 5.88. The first-order valence-electron chi connectivity index (χ1n) is 5.50. The molecule has 0 saturated heterocycles. The predicted molar refractivity (Wildman–Crippen MR) is 68.1 cm³/mol. The molecule has 0 aliphatic rings. The molecular weight excluding hydrogens is 220 g/mol. The van der Waals surface area contributed by atoms with Gasteiger partial charge in [-0.1, -0.05) is 32.4 Å². The highest BCUT2D eigenvalue weighted by Gasteiger charge is 2.17. The summed E-state index contributed by atoms with van der Waals surface area (Å²) in [5.74, 6) is 0. The summed E-state index contributed by atoms with van der Waals surface area (Å²) >= 11 is 6.02. The molecule has 0 aromatic carbocycles. The lowest BCUT2D eigenvalue weighted by molar-refractivity contribution is 0.404. The third kappa shape index (κ3) is 2.22. The monoisotopic (exact) mass is 236 g/mol. The fourth-order valence-corrected chi connectivity index (χ4v) is 2.06. The highest BCUT2D eigenvalue weighted by molar-refractivity contribution is 6.30. The van der Waals surface area contributed by atoms with Gasteiger partial charge < -0.3 is 4.40 Å². The van der Waals surface area contributed by atoms with E-state index in [4.69, 9.17) is 11.6 Å². The van der Waals surface area contributed by atoms with E-state index in [9.17, 15) is 0 Å². The van der Waals surface area contributed by atoms with Crippen molar-refractivity contribution in [2.24, 2.45) is 5.41 Å². The number of rotatable bonds is 1. The number of hydrogen-bond acceptors (Lipinski definition) is 1. The lowest BCUT2D eigenvalue weighted by Gasteiger charge is -2.18. The summed E-state index contributed by atoms with van der Waals surface area (Å²) in [6.45, 7) is 8.76. The van der Waals surface area contributed by atoms with E-state index >= 15 is 0 Å². The van der Waals surface area contributed by atoms with Gasteiger partial charge in [0.05, 0.1) is 10.7 Å². The van der Waals surface area contributed by atoms with Crippen molar-refractivity contribution in [3.05, 3.63) is 34.7 Å². The Bertz CT molecular complexity index is 520. The van der Waals surface area contributed by atoms with Crippen LogP contribution in [0.15, 0.2) is 18.3 Å². The maximum absolute atomic E-state index is 6.02. The summed E-state index contributed by atoms with van der Waals surface area (Å²) in [7, 11) is 0. The van der Waals surface area contributed by atoms with Crippen LogP contribution in [0, 0.1) is 12.3 Å². The van der Waals surface area contributed by atoms with Crippen LogP contribution in [0.4, 0.5) is 0 Å². The zero-order chi connectivity index (χ0) is 11.9. The molecule has 2 rings (SSSR count). The molecule has 2 heterocycles. The zero-order valence-corrected chi connectivity index (χ0v) is 11.0. The van der Waals surface area contributed by atoms with Gasteiger partial charge in [-0.15, -0.1) is 0 Å². The minimum absolute atomic E-state index is 0.253. The minimum Gasteiger partial charge on any atom is -0.302 e. The van der Waals surface area contributed by atoms with E-state index in [2.05, 4.69) is 37.1 Å². The van der Waals surface area contributed by atoms with E-state index in [1.165, 1.54) is 5.69 Å². The van der Waals surface area contributed by atoms with Gasteiger partial charge in [0.25, 0.3) is 0 Å². The lowest BCUT2D eigenvalue weighted by atomic mass is 9.90. The van der Waals surface area contributed by atoms with Gasteiger partial charge in [-0.2, -0.15) is 0 Å². The zero-order valence-electron chi connectivity index (χ0n) is 10.2. The van der Waals surface area contributed by atoms with Crippen molar-refractivity contribution in [2.75, 3.05) is 0 Å². The van der Waals surface area contributed by atoms with E-state index < -0.39 is 0 Å². The Labute approximate surface area is 101 Å². The normalized spacial score (nSPS) is 12.3. The van der Waals surface area contributed by atoms with Crippen molar-refractivity contribution in [1.82, 2.24) is 9.38 Å². The smallest absolute Gasteiger partial charge is 0.137 e. The molecule has 2 aromatic heterocycles. The van der Waals surface area contributed by atoms with Crippen LogP contribution in [0.2, 0.25) is 5.02 Å². The van der Waals surface area contributed by atoms with Crippen molar-refractivity contribution < 1.29 is 0 Å². The third-order valence-corrected chi connectivity index (χ3v) is 2.80. The molecule has 0 bridgehead atoms. The molecule has 2 aromatic rings. The largest absolute Gasteiger partial charge is 0.302 e. The Kier molecular flexibility index (Phi) is 2.70. The van der Waals surface area contributed by atoms with E-state index in [1.54, 1.807) is 0 Å². The minimum atomic E-state index is 0.253. The quantitative estimate of drug-likeness (QED) is 0.735. The van der Waals surface area contributed by atoms with Gasteiger partial charge in [0.15, 0.2) is 0 Å². The molecule has 0 saturated carbocycles. The van der Waals surface area contributed by atoms with Crippen molar-refractivity contribution in [2.45, 2.75) is 34.1 Å². The second kappa shape index (κ2) is 3.77. The van der Waals surface area contributed by atoms with Gasteiger partial charge in [0.2, 0.25) is 0 Å². The van der Waals surface area contributed by atoms with E-state index in [0.29, 0.717) is 0 Å². The molecule has 0 N–H and O–H groups in total. The Morgan fingerprint density at radius 1 is 1.31 bits per heavy atom. The molecule has 2 nitrogen and oxygen atoms in total. The van der Waals surface area contributed by atoms with Crippen molar-refractivity contribution in [3.8, 4) is 0 Å². The van der Waals surface area contributed by atoms with Crippen LogP contribution in [-0.4, -0.2) is 9.38 Å². The van der Waals surface area contributed by atoms with E-state index in [0.717, 1.165) is 22.8 Å². The second-order valence-corrected chi connectivity index (χ2v) is 5.89. The van der Waals surface area contributed by atoms with Gasteiger partial charge in [-0.3, -0.25) is 0 Å². The van der Waals surface area contributed by atoms with Crippen LogP contribution >= 0.6 is 11.6 Å². The summed E-state index contributed by atoms with van der Waals surface area (Å²) < 4.78 is 2.10. The highest BCUT2D eigenvalue weighted by Crippen LogP contribution is 2.24. The van der Waals surface area contributed by atoms with Crippen LogP contribution in [0.5, 0.6) is 0 Å². The average molecular weight is 237 g/mol. The fourth-order valence-electron chi connectivity index (χ4n) is 1.90. The second-order valence-electron chi connectivity index (χ2n) is 5.46. The van der Waals surface area contributed by atoms with Crippen molar-refractivity contribution in [1.29, 1.82) is 0 Å². The maximum Gasteiger partial charge on any atom is 0.137 e. The number of halogens is 1. The van der Waals surface area contributed by atoms with Crippen molar-refractivity contribution >= 4 is 17.2 Å². The first kappa shape index (κ1) is 11.5. The Morgan fingerprint density at radius 3 is 2.62 bits per heavy atom. The molecule has 0 spiro atoms. The van der Waals surface area contributed by atoms with Gasteiger partial charge >= 0.3 is 0 Å². The van der Waals surface area contributed by atoms with Crippen LogP contribution < -0.4 is 0 Å². The summed E-state index contributed by atoms with van der Waals surface area (Å²) in [6.07, 6.45) is 2.94. The lowest BCUT2D eigenvalue weighted by Crippen LogP contribution is -2.11. The van der Waals surface area contributed by atoms with Gasteiger partial charge in [0.1, 0.15) is 5.65 Å². The molecule has 3 heteroatoms. The summed E-state index contributed by atoms with van der Waals surface area (Å²) in [5.41, 5.74) is 3.58. The number of pyridine rings is 1. The van der Waals surface area contributed by atoms with Gasteiger partial charge in [-0.25, -0.2) is 4.98 Å². The van der Waals surface area contributed by atoms with Crippen LogP contribution in [0.25, 0.3) is 5.65 Å². The molecular formula is C13H17ClN2. The van der Waals surface area contributed by atoms with E-state index in [1.807, 2.05) is 18.3 Å². The number of fused-ring (bicyclic) bond motifs is 1. The summed E-state index contributed by atoms with van der Waals surface area (Å²) in [5, 5.41) is 0.750. The topological polar surface area (TPSA) is 17.3 Å². The SMILES string of the molecule is Cc1nc2ccc(Cl)cn2c1CC(C)(C)C. The summed E-state index contributed by atoms with van der Waals surface area (Å²) in [4.78, 5) is 4.54. The maximum atomic E-state index is 6.02. The number of aromatic nitrogens is 2. The average Bonchev–Trinajstić information content (AvgIpc) is 2.42. The molecule has 0 aliphatic heterocycles. The van der Waals surface area contributed by atoms with Gasteiger partial charge in [-0.05, 0) is 30.9 Å². The molecule has 0 radical (unpaired) electrons. The van der Waals surface area contributed by atoms with E-state index in [-0.39, 0.29) is 5.41 Å². The number of imidazole rings is 1. The Balaban J connectivity index is 2.58. The number of nitrogens with zero attached hydrogens (tertiary/aromatic N) is 2. The summed E-state index contributed by atoms with van der Waals surface area (Å²) in [6, 6.07) is 3.84. The highest BCUT2D eigenvalue weighted by atomic mass is 35.5. The van der Waals surface area contributed by atoms with Crippen LogP contribution in [-0.2, 0) is 6.42 Å². The molecule has 86 valence electrons.